The first kappa shape index (κ1) is 15.5. The predicted octanol–water partition coefficient (Wildman–Crippen LogP) is 4.64. The number of ether oxygens (including phenoxy) is 3. The lowest BCUT2D eigenvalue weighted by Gasteiger charge is -2.17. The second kappa shape index (κ2) is 7.27. The van der Waals surface area contributed by atoms with E-state index in [0.29, 0.717) is 19.8 Å². The third-order valence-corrected chi connectivity index (χ3v) is 4.31. The van der Waals surface area contributed by atoms with E-state index in [1.807, 2.05) is 18.2 Å². The lowest BCUT2D eigenvalue weighted by Crippen LogP contribution is -2.04. The van der Waals surface area contributed by atoms with Crippen molar-refractivity contribution in [3.8, 4) is 5.75 Å². The first-order valence-electron chi connectivity index (χ1n) is 7.50. The molecule has 1 fully saturated rings. The van der Waals surface area contributed by atoms with Gasteiger partial charge >= 0.3 is 0 Å². The Morgan fingerprint density at radius 2 is 1.86 bits per heavy atom. The Labute approximate surface area is 139 Å². The third kappa shape index (κ3) is 3.51. The molecule has 4 heteroatoms. The van der Waals surface area contributed by atoms with Gasteiger partial charge < -0.3 is 14.2 Å². The number of hydrogen-bond donors (Lipinski definition) is 0. The van der Waals surface area contributed by atoms with Gasteiger partial charge in [-0.05, 0) is 45.6 Å². The van der Waals surface area contributed by atoms with Crippen molar-refractivity contribution in [1.82, 2.24) is 0 Å². The van der Waals surface area contributed by atoms with Crippen LogP contribution in [-0.4, -0.2) is 13.2 Å². The highest BCUT2D eigenvalue weighted by Crippen LogP contribution is 2.35. The van der Waals surface area contributed by atoms with Gasteiger partial charge in [-0.2, -0.15) is 0 Å². The quantitative estimate of drug-likeness (QED) is 0.775. The Bertz CT molecular complexity index is 622. The number of rotatable bonds is 5. The van der Waals surface area contributed by atoms with Crippen molar-refractivity contribution >= 4 is 15.9 Å². The van der Waals surface area contributed by atoms with Crippen LogP contribution >= 0.6 is 15.9 Å². The van der Waals surface area contributed by atoms with Crippen molar-refractivity contribution in [1.29, 1.82) is 0 Å². The fraction of sp³-hybridized carbons (Fsp3) is 0.333. The topological polar surface area (TPSA) is 27.7 Å². The van der Waals surface area contributed by atoms with E-state index in [0.717, 1.165) is 27.8 Å². The molecule has 0 spiro atoms. The molecular formula is C18H19BrO3. The highest BCUT2D eigenvalue weighted by atomic mass is 79.9. The van der Waals surface area contributed by atoms with Gasteiger partial charge in [0, 0.05) is 5.56 Å². The summed E-state index contributed by atoms with van der Waals surface area (Å²) in [5, 5.41) is 0. The zero-order valence-corrected chi connectivity index (χ0v) is 14.1. The second-order valence-electron chi connectivity index (χ2n) is 5.18. The van der Waals surface area contributed by atoms with Gasteiger partial charge in [-0.15, -0.1) is 0 Å². The van der Waals surface area contributed by atoms with Crippen LogP contribution in [0.4, 0.5) is 0 Å². The summed E-state index contributed by atoms with van der Waals surface area (Å²) in [5.41, 5.74) is 3.43. The maximum atomic E-state index is 5.95. The Morgan fingerprint density at radius 3 is 2.55 bits per heavy atom. The van der Waals surface area contributed by atoms with Gasteiger partial charge in [0.2, 0.25) is 0 Å². The first-order valence-corrected chi connectivity index (χ1v) is 8.29. The highest BCUT2D eigenvalue weighted by Gasteiger charge is 2.22. The minimum absolute atomic E-state index is 0.255. The maximum absolute atomic E-state index is 5.95. The van der Waals surface area contributed by atoms with Crippen LogP contribution in [-0.2, 0) is 22.5 Å². The first-order chi connectivity index (χ1) is 10.8. The molecule has 116 valence electrons. The summed E-state index contributed by atoms with van der Waals surface area (Å²) in [6, 6.07) is 14.3. The lowest BCUT2D eigenvalue weighted by atomic mass is 10.0. The molecule has 3 nitrogen and oxygen atoms in total. The van der Waals surface area contributed by atoms with Gasteiger partial charge in [0.1, 0.15) is 12.4 Å². The van der Waals surface area contributed by atoms with Crippen LogP contribution in [0.25, 0.3) is 0 Å². The molecule has 0 radical (unpaired) electrons. The Hall–Kier alpha value is -1.36. The zero-order chi connectivity index (χ0) is 15.4. The van der Waals surface area contributed by atoms with E-state index < -0.39 is 0 Å². The van der Waals surface area contributed by atoms with Gasteiger partial charge in [-0.1, -0.05) is 37.3 Å². The Morgan fingerprint density at radius 1 is 1.14 bits per heavy atom. The average Bonchev–Trinajstić information content (AvgIpc) is 3.08. The second-order valence-corrected chi connectivity index (χ2v) is 6.04. The number of halogens is 1. The van der Waals surface area contributed by atoms with Gasteiger partial charge in [-0.25, -0.2) is 0 Å². The third-order valence-electron chi connectivity index (χ3n) is 3.69. The van der Waals surface area contributed by atoms with Crippen molar-refractivity contribution in [2.75, 3.05) is 13.2 Å². The van der Waals surface area contributed by atoms with Crippen LogP contribution < -0.4 is 4.74 Å². The Balaban J connectivity index is 1.79. The molecule has 0 atom stereocenters. The van der Waals surface area contributed by atoms with Crippen LogP contribution in [0.3, 0.4) is 0 Å². The zero-order valence-electron chi connectivity index (χ0n) is 12.5. The van der Waals surface area contributed by atoms with Crippen LogP contribution in [0.1, 0.15) is 29.9 Å². The van der Waals surface area contributed by atoms with E-state index in [4.69, 9.17) is 14.2 Å². The number of hydrogen-bond acceptors (Lipinski definition) is 3. The minimum Gasteiger partial charge on any atom is -0.488 e. The van der Waals surface area contributed by atoms with Gasteiger partial charge in [0.15, 0.2) is 6.29 Å². The molecule has 1 heterocycles. The van der Waals surface area contributed by atoms with E-state index in [1.165, 1.54) is 5.56 Å². The molecule has 2 aromatic carbocycles. The molecule has 1 aliphatic heterocycles. The molecular weight excluding hydrogens is 344 g/mol. The molecule has 1 saturated heterocycles. The van der Waals surface area contributed by atoms with E-state index >= 15 is 0 Å². The average molecular weight is 363 g/mol. The minimum atomic E-state index is -0.255. The van der Waals surface area contributed by atoms with Crippen molar-refractivity contribution in [3.63, 3.8) is 0 Å². The number of benzene rings is 2. The summed E-state index contributed by atoms with van der Waals surface area (Å²) in [4.78, 5) is 0. The van der Waals surface area contributed by atoms with Crippen molar-refractivity contribution < 1.29 is 14.2 Å². The predicted molar refractivity (Wildman–Crippen MR) is 88.9 cm³/mol. The summed E-state index contributed by atoms with van der Waals surface area (Å²) < 4.78 is 18.1. The smallest absolute Gasteiger partial charge is 0.184 e. The van der Waals surface area contributed by atoms with Crippen molar-refractivity contribution in [2.45, 2.75) is 26.2 Å². The Kier molecular flexibility index (Phi) is 5.13. The molecule has 0 aliphatic carbocycles. The maximum Gasteiger partial charge on any atom is 0.184 e. The molecule has 22 heavy (non-hydrogen) atoms. The fourth-order valence-electron chi connectivity index (χ4n) is 2.52. The van der Waals surface area contributed by atoms with Gasteiger partial charge in [0.05, 0.1) is 17.7 Å². The molecule has 0 amide bonds. The summed E-state index contributed by atoms with van der Waals surface area (Å²) in [5.74, 6) is 0.849. The van der Waals surface area contributed by atoms with E-state index in [-0.39, 0.29) is 6.29 Å². The number of aryl methyl sites for hydroxylation is 1. The largest absolute Gasteiger partial charge is 0.488 e. The normalized spacial score (nSPS) is 15.2. The van der Waals surface area contributed by atoms with Gasteiger partial charge in [-0.3, -0.25) is 0 Å². The van der Waals surface area contributed by atoms with E-state index in [9.17, 15) is 0 Å². The molecule has 0 bridgehead atoms. The molecule has 1 aliphatic rings. The summed E-state index contributed by atoms with van der Waals surface area (Å²) in [7, 11) is 0. The molecule has 3 rings (SSSR count). The monoisotopic (exact) mass is 362 g/mol. The molecule has 0 aromatic heterocycles. The van der Waals surface area contributed by atoms with Crippen molar-refractivity contribution in [2.24, 2.45) is 0 Å². The van der Waals surface area contributed by atoms with Crippen LogP contribution in [0.15, 0.2) is 46.9 Å². The summed E-state index contributed by atoms with van der Waals surface area (Å²) in [6.45, 7) is 3.98. The van der Waals surface area contributed by atoms with Crippen molar-refractivity contribution in [3.05, 3.63) is 63.6 Å². The van der Waals surface area contributed by atoms with Crippen LogP contribution in [0, 0.1) is 0 Å². The molecule has 0 N–H and O–H groups in total. The SMILES string of the molecule is CCc1cc(OCc2ccccc2)c(Br)cc1C1OCCO1. The molecule has 2 aromatic rings. The highest BCUT2D eigenvalue weighted by molar-refractivity contribution is 9.10. The van der Waals surface area contributed by atoms with Crippen LogP contribution in [0.5, 0.6) is 5.75 Å². The van der Waals surface area contributed by atoms with Crippen LogP contribution in [0.2, 0.25) is 0 Å². The fourth-order valence-corrected chi connectivity index (χ4v) is 3.00. The summed E-state index contributed by atoms with van der Waals surface area (Å²) in [6.07, 6.45) is 0.655. The van der Waals surface area contributed by atoms with E-state index in [1.54, 1.807) is 0 Å². The standard InChI is InChI=1S/C18H19BrO3/c1-2-14-10-17(22-12-13-6-4-3-5-7-13)16(19)11-15(14)18-20-8-9-21-18/h3-7,10-11,18H,2,8-9,12H2,1H3. The lowest BCUT2D eigenvalue weighted by molar-refractivity contribution is -0.0447. The summed E-state index contributed by atoms with van der Waals surface area (Å²) >= 11 is 3.60. The van der Waals surface area contributed by atoms with E-state index in [2.05, 4.69) is 47.1 Å². The molecule has 0 unspecified atom stereocenters. The molecule has 0 saturated carbocycles. The van der Waals surface area contributed by atoms with Gasteiger partial charge in [0.25, 0.3) is 0 Å².